The second-order valence-electron chi connectivity index (χ2n) is 6.07. The van der Waals surface area contributed by atoms with E-state index in [2.05, 4.69) is 32.9 Å². The monoisotopic (exact) mass is 349 g/mol. The molecule has 6 nitrogen and oxygen atoms in total. The van der Waals surface area contributed by atoms with Gasteiger partial charge in [0.05, 0.1) is 6.10 Å². The molecular formula is C17H23N3O3S. The third-order valence-corrected chi connectivity index (χ3v) is 4.86. The van der Waals surface area contributed by atoms with Crippen LogP contribution in [0.5, 0.6) is 0 Å². The van der Waals surface area contributed by atoms with Gasteiger partial charge in [0.25, 0.3) is 0 Å². The van der Waals surface area contributed by atoms with Gasteiger partial charge in [0.1, 0.15) is 5.76 Å². The molecule has 2 aromatic heterocycles. The Morgan fingerprint density at radius 3 is 3.12 bits per heavy atom. The number of aromatic nitrogens is 1. The van der Waals surface area contributed by atoms with E-state index in [4.69, 9.17) is 9.26 Å². The number of rotatable bonds is 8. The molecule has 7 heteroatoms. The van der Waals surface area contributed by atoms with E-state index in [-0.39, 0.29) is 12.0 Å². The zero-order chi connectivity index (χ0) is 16.8. The van der Waals surface area contributed by atoms with Crippen LogP contribution in [0.1, 0.15) is 29.9 Å². The van der Waals surface area contributed by atoms with Gasteiger partial charge >= 0.3 is 0 Å². The molecule has 0 spiro atoms. The van der Waals surface area contributed by atoms with Gasteiger partial charge in [-0.25, -0.2) is 0 Å². The maximum Gasteiger partial charge on any atom is 0.226 e. The number of hydrogen-bond acceptors (Lipinski definition) is 6. The molecule has 3 rings (SSSR count). The van der Waals surface area contributed by atoms with Crippen LogP contribution in [-0.4, -0.2) is 41.8 Å². The summed E-state index contributed by atoms with van der Waals surface area (Å²) >= 11 is 1.74. The van der Waals surface area contributed by atoms with Crippen LogP contribution >= 0.6 is 11.3 Å². The van der Waals surface area contributed by atoms with Crippen molar-refractivity contribution in [2.24, 2.45) is 0 Å². The molecule has 1 aliphatic rings. The first-order valence-electron chi connectivity index (χ1n) is 8.28. The first-order chi connectivity index (χ1) is 11.7. The highest BCUT2D eigenvalue weighted by atomic mass is 32.1. The number of amides is 1. The Hall–Kier alpha value is -1.70. The van der Waals surface area contributed by atoms with Crippen LogP contribution in [0.15, 0.2) is 28.1 Å². The summed E-state index contributed by atoms with van der Waals surface area (Å²) in [5, 5.41) is 8.64. The van der Waals surface area contributed by atoms with Gasteiger partial charge < -0.3 is 14.6 Å². The van der Waals surface area contributed by atoms with Crippen LogP contribution in [0.25, 0.3) is 0 Å². The van der Waals surface area contributed by atoms with Crippen LogP contribution in [0.4, 0.5) is 5.82 Å². The van der Waals surface area contributed by atoms with E-state index in [1.807, 2.05) is 0 Å². The van der Waals surface area contributed by atoms with Gasteiger partial charge in [-0.05, 0) is 31.2 Å². The SMILES string of the molecule is Cc1cc(NC(=O)CCN(Cc2cccs2)C[C@H]2CCCO2)no1. The van der Waals surface area contributed by atoms with Crippen LogP contribution < -0.4 is 5.32 Å². The second-order valence-corrected chi connectivity index (χ2v) is 7.10. The zero-order valence-electron chi connectivity index (χ0n) is 13.9. The van der Waals surface area contributed by atoms with Crippen molar-refractivity contribution in [3.8, 4) is 0 Å². The van der Waals surface area contributed by atoms with Crippen LogP contribution in [0, 0.1) is 6.92 Å². The maximum absolute atomic E-state index is 12.1. The fourth-order valence-corrected chi connectivity index (χ4v) is 3.57. The first kappa shape index (κ1) is 17.1. The highest BCUT2D eigenvalue weighted by Gasteiger charge is 2.20. The smallest absolute Gasteiger partial charge is 0.226 e. The number of anilines is 1. The van der Waals surface area contributed by atoms with Gasteiger partial charge in [0, 0.05) is 43.6 Å². The standard InChI is InChI=1S/C17H23N3O3S/c1-13-10-16(19-23-13)18-17(21)6-7-20(11-14-4-2-8-22-14)12-15-5-3-9-24-15/h3,5,9-10,14H,2,4,6-8,11-12H2,1H3,(H,18,19,21)/t14-/m1/s1. The Balaban J connectivity index is 1.51. The summed E-state index contributed by atoms with van der Waals surface area (Å²) in [4.78, 5) is 15.7. The third kappa shape index (κ3) is 5.15. The molecule has 2 aromatic rings. The lowest BCUT2D eigenvalue weighted by atomic mass is 10.2. The number of hydrogen-bond donors (Lipinski definition) is 1. The molecule has 1 aliphatic heterocycles. The number of carbonyl (C=O) groups is 1. The van der Waals surface area contributed by atoms with Crippen molar-refractivity contribution in [1.29, 1.82) is 0 Å². The molecule has 1 saturated heterocycles. The summed E-state index contributed by atoms with van der Waals surface area (Å²) < 4.78 is 10.7. The van der Waals surface area contributed by atoms with Crippen molar-refractivity contribution in [3.05, 3.63) is 34.2 Å². The zero-order valence-corrected chi connectivity index (χ0v) is 14.7. The molecule has 1 N–H and O–H groups in total. The molecule has 1 amide bonds. The molecule has 24 heavy (non-hydrogen) atoms. The topological polar surface area (TPSA) is 67.6 Å². The van der Waals surface area contributed by atoms with E-state index in [9.17, 15) is 4.79 Å². The highest BCUT2D eigenvalue weighted by molar-refractivity contribution is 7.09. The Morgan fingerprint density at radius 2 is 2.46 bits per heavy atom. The van der Waals surface area contributed by atoms with Gasteiger partial charge in [-0.3, -0.25) is 9.69 Å². The Bertz CT molecular complexity index is 635. The van der Waals surface area contributed by atoms with E-state index in [1.165, 1.54) is 4.88 Å². The van der Waals surface area contributed by atoms with Gasteiger partial charge in [0.15, 0.2) is 5.82 Å². The Labute approximate surface area is 145 Å². The fraction of sp³-hybridized carbons (Fsp3) is 0.529. The largest absolute Gasteiger partial charge is 0.377 e. The summed E-state index contributed by atoms with van der Waals surface area (Å²) in [6.45, 7) is 5.07. The number of nitrogens with one attached hydrogen (secondary N) is 1. The van der Waals surface area contributed by atoms with E-state index in [0.717, 1.165) is 32.5 Å². The van der Waals surface area contributed by atoms with E-state index >= 15 is 0 Å². The van der Waals surface area contributed by atoms with Crippen LogP contribution in [0.3, 0.4) is 0 Å². The average molecular weight is 349 g/mol. The number of ether oxygens (including phenoxy) is 1. The lowest BCUT2D eigenvalue weighted by Gasteiger charge is -2.24. The molecule has 0 aromatic carbocycles. The average Bonchev–Trinajstić information content (AvgIpc) is 3.29. The first-order valence-corrected chi connectivity index (χ1v) is 9.16. The molecule has 0 unspecified atom stereocenters. The molecule has 130 valence electrons. The van der Waals surface area contributed by atoms with Crippen molar-refractivity contribution in [2.75, 3.05) is 25.0 Å². The van der Waals surface area contributed by atoms with Crippen molar-refractivity contribution in [3.63, 3.8) is 0 Å². The summed E-state index contributed by atoms with van der Waals surface area (Å²) in [5.74, 6) is 1.11. The fourth-order valence-electron chi connectivity index (χ4n) is 2.82. The van der Waals surface area contributed by atoms with Crippen molar-refractivity contribution >= 4 is 23.1 Å². The summed E-state index contributed by atoms with van der Waals surface area (Å²) in [5.41, 5.74) is 0. The Kier molecular flexibility index (Phi) is 6.01. The number of thiophene rings is 1. The molecule has 1 atom stereocenters. The van der Waals surface area contributed by atoms with Crippen LogP contribution in [0.2, 0.25) is 0 Å². The van der Waals surface area contributed by atoms with Gasteiger partial charge in [0.2, 0.25) is 5.91 Å². The quantitative estimate of drug-likeness (QED) is 0.793. The third-order valence-electron chi connectivity index (χ3n) is 4.00. The van der Waals surface area contributed by atoms with Gasteiger partial charge in [-0.15, -0.1) is 11.3 Å². The lowest BCUT2D eigenvalue weighted by molar-refractivity contribution is -0.116. The number of nitrogens with zero attached hydrogens (tertiary/aromatic N) is 2. The summed E-state index contributed by atoms with van der Waals surface area (Å²) in [6, 6.07) is 5.91. The van der Waals surface area contributed by atoms with E-state index < -0.39 is 0 Å². The van der Waals surface area contributed by atoms with Crippen molar-refractivity contribution < 1.29 is 14.1 Å². The van der Waals surface area contributed by atoms with Crippen LogP contribution in [-0.2, 0) is 16.1 Å². The molecule has 0 radical (unpaired) electrons. The minimum Gasteiger partial charge on any atom is -0.377 e. The number of aryl methyl sites for hydroxylation is 1. The molecule has 1 fully saturated rings. The van der Waals surface area contributed by atoms with E-state index in [1.54, 1.807) is 24.3 Å². The minimum atomic E-state index is -0.0492. The van der Waals surface area contributed by atoms with Crippen molar-refractivity contribution in [2.45, 2.75) is 38.8 Å². The molecular weight excluding hydrogens is 326 g/mol. The minimum absolute atomic E-state index is 0.0492. The predicted molar refractivity (Wildman–Crippen MR) is 93.1 cm³/mol. The van der Waals surface area contributed by atoms with Crippen molar-refractivity contribution in [1.82, 2.24) is 10.1 Å². The number of carbonyl (C=O) groups excluding carboxylic acids is 1. The summed E-state index contributed by atoms with van der Waals surface area (Å²) in [7, 11) is 0. The lowest BCUT2D eigenvalue weighted by Crippen LogP contribution is -2.34. The molecule has 0 aliphatic carbocycles. The predicted octanol–water partition coefficient (Wildman–Crippen LogP) is 3.05. The molecule has 3 heterocycles. The van der Waals surface area contributed by atoms with Gasteiger partial charge in [-0.2, -0.15) is 0 Å². The highest BCUT2D eigenvalue weighted by Crippen LogP contribution is 2.17. The molecule has 0 saturated carbocycles. The normalized spacial score (nSPS) is 17.5. The summed E-state index contributed by atoms with van der Waals surface area (Å²) in [6.07, 6.45) is 2.94. The maximum atomic E-state index is 12.1. The Morgan fingerprint density at radius 1 is 1.54 bits per heavy atom. The second kappa shape index (κ2) is 8.41. The van der Waals surface area contributed by atoms with E-state index in [0.29, 0.717) is 24.5 Å². The van der Waals surface area contributed by atoms with Gasteiger partial charge in [-0.1, -0.05) is 11.2 Å². The molecule has 0 bridgehead atoms.